The molecule has 0 amide bonds. The lowest BCUT2D eigenvalue weighted by atomic mass is 10.1. The van der Waals surface area contributed by atoms with Crippen LogP contribution < -0.4 is 4.72 Å². The smallest absolute Gasteiger partial charge is 0.351 e. The number of hydrogen-bond acceptors (Lipinski definition) is 5. The maximum Gasteiger partial charge on any atom is 0.452 e. The van der Waals surface area contributed by atoms with Crippen molar-refractivity contribution in [1.29, 1.82) is 0 Å². The van der Waals surface area contributed by atoms with Gasteiger partial charge in [0.15, 0.2) is 0 Å². The van der Waals surface area contributed by atoms with E-state index in [1.54, 1.807) is 38.1 Å². The van der Waals surface area contributed by atoms with E-state index in [-0.39, 0.29) is 16.2 Å². The minimum atomic E-state index is -4.71. The van der Waals surface area contributed by atoms with Crippen LogP contribution in [0.2, 0.25) is 0 Å². The molecule has 0 atom stereocenters. The summed E-state index contributed by atoms with van der Waals surface area (Å²) in [5, 5.41) is 3.46. The van der Waals surface area contributed by atoms with Crippen molar-refractivity contribution in [2.45, 2.75) is 38.3 Å². The molecular weight excluding hydrogens is 413 g/mol. The Balaban J connectivity index is 2.11. The molecule has 3 aromatic rings. The first-order valence-electron chi connectivity index (χ1n) is 8.29. The summed E-state index contributed by atoms with van der Waals surface area (Å²) in [6.45, 7) is 5.13. The Kier molecular flexibility index (Phi) is 5.28. The number of anilines is 1. The van der Waals surface area contributed by atoms with E-state index in [4.69, 9.17) is 0 Å². The highest BCUT2D eigenvalue weighted by Crippen LogP contribution is 2.41. The van der Waals surface area contributed by atoms with Gasteiger partial charge in [-0.2, -0.15) is 13.2 Å². The number of benzene rings is 1. The van der Waals surface area contributed by atoms with Gasteiger partial charge in [-0.25, -0.2) is 8.42 Å². The van der Waals surface area contributed by atoms with Crippen molar-refractivity contribution in [1.82, 2.24) is 5.16 Å². The van der Waals surface area contributed by atoms with Crippen LogP contribution in [0.4, 0.5) is 18.9 Å². The van der Waals surface area contributed by atoms with Gasteiger partial charge in [0.05, 0.1) is 5.69 Å². The number of thiophene rings is 1. The predicted octanol–water partition coefficient (Wildman–Crippen LogP) is 5.40. The molecule has 0 saturated heterocycles. The number of halogens is 3. The minimum Gasteiger partial charge on any atom is -0.351 e. The molecule has 0 bridgehead atoms. The van der Waals surface area contributed by atoms with Crippen molar-refractivity contribution in [3.05, 3.63) is 51.4 Å². The Morgan fingerprint density at radius 2 is 1.86 bits per heavy atom. The number of rotatable bonds is 5. The summed E-state index contributed by atoms with van der Waals surface area (Å²) in [6, 6.07) is 7.67. The fraction of sp³-hybridized carbons (Fsp3) is 0.278. The lowest BCUT2D eigenvalue weighted by Crippen LogP contribution is -2.15. The summed E-state index contributed by atoms with van der Waals surface area (Å²) >= 11 is 1.17. The average molecular weight is 430 g/mol. The van der Waals surface area contributed by atoms with E-state index in [1.807, 2.05) is 6.92 Å². The van der Waals surface area contributed by atoms with Gasteiger partial charge in [0.2, 0.25) is 5.76 Å². The third-order valence-electron chi connectivity index (χ3n) is 4.16. The van der Waals surface area contributed by atoms with Gasteiger partial charge in [0.1, 0.15) is 10.6 Å². The number of aryl methyl sites for hydroxylation is 3. The number of nitrogens with zero attached hydrogens (tertiary/aromatic N) is 1. The van der Waals surface area contributed by atoms with E-state index >= 15 is 0 Å². The highest BCUT2D eigenvalue weighted by atomic mass is 32.2. The Labute approximate surface area is 164 Å². The molecule has 0 saturated carbocycles. The monoisotopic (exact) mass is 430 g/mol. The van der Waals surface area contributed by atoms with Crippen LogP contribution in [0.1, 0.15) is 28.0 Å². The highest BCUT2D eigenvalue weighted by molar-refractivity contribution is 7.93. The van der Waals surface area contributed by atoms with Crippen LogP contribution in [0, 0.1) is 13.8 Å². The fourth-order valence-electron chi connectivity index (χ4n) is 2.93. The Morgan fingerprint density at radius 3 is 2.46 bits per heavy atom. The summed E-state index contributed by atoms with van der Waals surface area (Å²) in [7, 11) is -4.06. The number of hydrogen-bond donors (Lipinski definition) is 1. The van der Waals surface area contributed by atoms with Crippen LogP contribution in [0.25, 0.3) is 11.3 Å². The van der Waals surface area contributed by atoms with Crippen molar-refractivity contribution < 1.29 is 26.1 Å². The number of alkyl halides is 3. The predicted molar refractivity (Wildman–Crippen MR) is 101 cm³/mol. The molecule has 28 heavy (non-hydrogen) atoms. The second-order valence-electron chi connectivity index (χ2n) is 6.11. The molecule has 0 aliphatic carbocycles. The molecule has 0 radical (unpaired) electrons. The number of sulfonamides is 1. The topological polar surface area (TPSA) is 72.2 Å². The summed E-state index contributed by atoms with van der Waals surface area (Å²) < 4.78 is 71.8. The summed E-state index contributed by atoms with van der Waals surface area (Å²) in [5.41, 5.74) is 1.18. The first-order chi connectivity index (χ1) is 13.0. The van der Waals surface area contributed by atoms with Crippen LogP contribution in [0.5, 0.6) is 0 Å². The molecule has 0 spiro atoms. The largest absolute Gasteiger partial charge is 0.452 e. The van der Waals surface area contributed by atoms with Gasteiger partial charge in [0.25, 0.3) is 10.0 Å². The second kappa shape index (κ2) is 7.25. The maximum absolute atomic E-state index is 13.1. The molecule has 1 N–H and O–H groups in total. The van der Waals surface area contributed by atoms with Crippen LogP contribution in [0.15, 0.2) is 39.8 Å². The van der Waals surface area contributed by atoms with Crippen molar-refractivity contribution >= 4 is 27.0 Å². The maximum atomic E-state index is 13.1. The van der Waals surface area contributed by atoms with Gasteiger partial charge in [-0.05, 0) is 31.9 Å². The average Bonchev–Trinajstić information content (AvgIpc) is 3.19. The first kappa shape index (κ1) is 20.4. The Morgan fingerprint density at radius 1 is 1.18 bits per heavy atom. The van der Waals surface area contributed by atoms with Crippen LogP contribution >= 0.6 is 11.3 Å². The second-order valence-corrected chi connectivity index (χ2v) is 9.16. The number of aromatic nitrogens is 1. The zero-order chi connectivity index (χ0) is 20.7. The third-order valence-corrected chi connectivity index (χ3v) is 6.85. The van der Waals surface area contributed by atoms with Gasteiger partial charge in [-0.3, -0.25) is 4.72 Å². The van der Waals surface area contributed by atoms with Gasteiger partial charge in [-0.1, -0.05) is 30.3 Å². The van der Waals surface area contributed by atoms with E-state index in [1.165, 1.54) is 11.3 Å². The molecule has 150 valence electrons. The standard InChI is InChI=1S/C18H17F3N2O3S2/c1-4-12-7-5-6-8-13(12)23-28(24,25)17-11(3)27-10(2)16(17)14-9-15(26-22-14)18(19,20)21/h5-9,23H,4H2,1-3H3. The molecule has 0 aliphatic heterocycles. The van der Waals surface area contributed by atoms with E-state index < -0.39 is 22.0 Å². The van der Waals surface area contributed by atoms with Crippen molar-refractivity contribution in [2.24, 2.45) is 0 Å². The quantitative estimate of drug-likeness (QED) is 0.588. The summed E-state index contributed by atoms with van der Waals surface area (Å²) in [6.07, 6.45) is -4.09. The number of para-hydroxylation sites is 1. The fourth-order valence-corrected chi connectivity index (χ4v) is 5.91. The van der Waals surface area contributed by atoms with Gasteiger partial charge < -0.3 is 4.52 Å². The van der Waals surface area contributed by atoms with Gasteiger partial charge in [0, 0.05) is 21.4 Å². The van der Waals surface area contributed by atoms with Crippen molar-refractivity contribution in [3.8, 4) is 11.3 Å². The normalized spacial score (nSPS) is 12.4. The van der Waals surface area contributed by atoms with Crippen LogP contribution in [-0.4, -0.2) is 13.6 Å². The van der Waals surface area contributed by atoms with Gasteiger partial charge in [-0.15, -0.1) is 11.3 Å². The zero-order valence-electron chi connectivity index (χ0n) is 15.2. The molecule has 1 aromatic carbocycles. The molecular formula is C18H17F3N2O3S2. The Hall–Kier alpha value is -2.33. The number of nitrogens with one attached hydrogen (secondary N) is 1. The summed E-state index contributed by atoms with van der Waals surface area (Å²) in [5.74, 6) is -1.28. The van der Waals surface area contributed by atoms with Crippen molar-refractivity contribution in [3.63, 3.8) is 0 Å². The van der Waals surface area contributed by atoms with Crippen LogP contribution in [-0.2, 0) is 22.6 Å². The van der Waals surface area contributed by atoms with Gasteiger partial charge >= 0.3 is 6.18 Å². The zero-order valence-corrected chi connectivity index (χ0v) is 16.8. The molecule has 3 rings (SSSR count). The summed E-state index contributed by atoms with van der Waals surface area (Å²) in [4.78, 5) is 0.886. The molecule has 0 aliphatic rings. The van der Waals surface area contributed by atoms with E-state index in [0.29, 0.717) is 27.9 Å². The molecule has 2 aromatic heterocycles. The SMILES string of the molecule is CCc1ccccc1NS(=O)(=O)c1c(C)sc(C)c1-c1cc(C(F)(F)F)on1. The molecule has 5 nitrogen and oxygen atoms in total. The van der Waals surface area contributed by atoms with E-state index in [9.17, 15) is 21.6 Å². The van der Waals surface area contributed by atoms with Crippen molar-refractivity contribution in [2.75, 3.05) is 4.72 Å². The van der Waals surface area contributed by atoms with E-state index in [2.05, 4.69) is 14.4 Å². The van der Waals surface area contributed by atoms with Crippen LogP contribution in [0.3, 0.4) is 0 Å². The molecule has 0 fully saturated rings. The highest BCUT2D eigenvalue weighted by Gasteiger charge is 2.37. The van der Waals surface area contributed by atoms with E-state index in [0.717, 1.165) is 5.56 Å². The minimum absolute atomic E-state index is 0.0945. The molecule has 2 heterocycles. The lowest BCUT2D eigenvalue weighted by molar-refractivity contribution is -0.155. The third kappa shape index (κ3) is 3.79. The lowest BCUT2D eigenvalue weighted by Gasteiger charge is -2.12. The molecule has 0 unspecified atom stereocenters. The first-order valence-corrected chi connectivity index (χ1v) is 10.6. The molecule has 10 heteroatoms. The Bertz CT molecular complexity index is 1120.